The van der Waals surface area contributed by atoms with Crippen LogP contribution >= 0.6 is 0 Å². The van der Waals surface area contributed by atoms with E-state index in [0.717, 1.165) is 12.1 Å². The van der Waals surface area contributed by atoms with E-state index >= 15 is 0 Å². The summed E-state index contributed by atoms with van der Waals surface area (Å²) in [7, 11) is 0. The number of ketones is 1. The van der Waals surface area contributed by atoms with Crippen LogP contribution in [0.1, 0.15) is 10.4 Å². The highest BCUT2D eigenvalue weighted by Crippen LogP contribution is 2.23. The Hall–Kier alpha value is -2.83. The van der Waals surface area contributed by atoms with Crippen molar-refractivity contribution in [3.63, 3.8) is 0 Å². The summed E-state index contributed by atoms with van der Waals surface area (Å²) in [6.07, 6.45) is -2.17. The van der Waals surface area contributed by atoms with Crippen LogP contribution in [0.15, 0.2) is 60.8 Å². The first-order valence-corrected chi connectivity index (χ1v) is 6.42. The number of anilines is 1. The molecule has 0 saturated heterocycles. The zero-order valence-corrected chi connectivity index (χ0v) is 11.6. The van der Waals surface area contributed by atoms with E-state index in [9.17, 15) is 22.4 Å². The fourth-order valence-electron chi connectivity index (χ4n) is 1.68. The van der Waals surface area contributed by atoms with Crippen LogP contribution in [-0.4, -0.2) is 12.1 Å². The number of hydrogen-bond acceptors (Lipinski definition) is 3. The van der Waals surface area contributed by atoms with Gasteiger partial charge in [-0.2, -0.15) is 0 Å². The van der Waals surface area contributed by atoms with Crippen molar-refractivity contribution in [2.24, 2.45) is 0 Å². The highest BCUT2D eigenvalue weighted by Gasteiger charge is 2.30. The standard InChI is InChI=1S/C16H11F4NO2/c17-12-3-1-11(2-4-12)15(22)9-10-21-13-5-7-14(8-6-13)23-16(18,19)20/h1-10,21H. The molecule has 7 heteroatoms. The predicted octanol–water partition coefficient (Wildman–Crippen LogP) is 4.53. The van der Waals surface area contributed by atoms with Gasteiger partial charge >= 0.3 is 6.36 Å². The van der Waals surface area contributed by atoms with Crippen LogP contribution < -0.4 is 10.1 Å². The van der Waals surface area contributed by atoms with Crippen LogP contribution in [-0.2, 0) is 0 Å². The molecule has 2 rings (SSSR count). The maximum Gasteiger partial charge on any atom is 0.573 e. The molecule has 2 aromatic rings. The van der Waals surface area contributed by atoms with Gasteiger partial charge in [-0.3, -0.25) is 4.79 Å². The molecule has 0 bridgehead atoms. The van der Waals surface area contributed by atoms with Gasteiger partial charge in [-0.05, 0) is 48.5 Å². The van der Waals surface area contributed by atoms with Gasteiger partial charge in [-0.1, -0.05) is 0 Å². The molecule has 120 valence electrons. The van der Waals surface area contributed by atoms with E-state index in [0.29, 0.717) is 11.3 Å². The monoisotopic (exact) mass is 325 g/mol. The summed E-state index contributed by atoms with van der Waals surface area (Å²) >= 11 is 0. The van der Waals surface area contributed by atoms with Crippen molar-refractivity contribution in [1.82, 2.24) is 0 Å². The third-order valence-electron chi connectivity index (χ3n) is 2.70. The molecule has 0 atom stereocenters. The lowest BCUT2D eigenvalue weighted by Crippen LogP contribution is -2.16. The first-order valence-electron chi connectivity index (χ1n) is 6.42. The lowest BCUT2D eigenvalue weighted by molar-refractivity contribution is -0.274. The van der Waals surface area contributed by atoms with Crippen molar-refractivity contribution < 1.29 is 27.1 Å². The SMILES string of the molecule is O=C(C=CNc1ccc(OC(F)(F)F)cc1)c1ccc(F)cc1. The summed E-state index contributed by atoms with van der Waals surface area (Å²) < 4.78 is 52.5. The number of ether oxygens (including phenoxy) is 1. The van der Waals surface area contributed by atoms with Gasteiger partial charge in [0.15, 0.2) is 5.78 Å². The first kappa shape index (κ1) is 16.5. The Kier molecular flexibility index (Phi) is 5.00. The summed E-state index contributed by atoms with van der Waals surface area (Å²) in [6.45, 7) is 0. The van der Waals surface area contributed by atoms with Crippen molar-refractivity contribution >= 4 is 11.5 Å². The second-order valence-electron chi connectivity index (χ2n) is 4.42. The lowest BCUT2D eigenvalue weighted by Gasteiger charge is -2.09. The largest absolute Gasteiger partial charge is 0.573 e. The molecule has 0 radical (unpaired) electrons. The predicted molar refractivity (Wildman–Crippen MR) is 76.6 cm³/mol. The molecule has 0 aromatic heterocycles. The van der Waals surface area contributed by atoms with Gasteiger partial charge in [0.05, 0.1) is 0 Å². The Bertz CT molecular complexity index is 692. The van der Waals surface area contributed by atoms with Crippen molar-refractivity contribution in [3.8, 4) is 5.75 Å². The number of allylic oxidation sites excluding steroid dienone is 1. The van der Waals surface area contributed by atoms with E-state index in [4.69, 9.17) is 0 Å². The number of carbonyl (C=O) groups excluding carboxylic acids is 1. The highest BCUT2D eigenvalue weighted by atomic mass is 19.4. The second kappa shape index (κ2) is 6.95. The van der Waals surface area contributed by atoms with Gasteiger partial charge in [0.2, 0.25) is 0 Å². The molecular formula is C16H11F4NO2. The minimum absolute atomic E-state index is 0.318. The molecule has 23 heavy (non-hydrogen) atoms. The van der Waals surface area contributed by atoms with Crippen molar-refractivity contribution in [2.45, 2.75) is 6.36 Å². The maximum atomic E-state index is 12.7. The maximum absolute atomic E-state index is 12.7. The zero-order valence-electron chi connectivity index (χ0n) is 11.6. The molecule has 0 saturated carbocycles. The van der Waals surface area contributed by atoms with E-state index < -0.39 is 12.2 Å². The van der Waals surface area contributed by atoms with Crippen LogP contribution in [0.3, 0.4) is 0 Å². The van der Waals surface area contributed by atoms with E-state index in [-0.39, 0.29) is 11.5 Å². The molecule has 2 aromatic carbocycles. The molecule has 0 aliphatic carbocycles. The molecular weight excluding hydrogens is 314 g/mol. The van der Waals surface area contributed by atoms with Gasteiger partial charge in [-0.25, -0.2) is 4.39 Å². The summed E-state index contributed by atoms with van der Waals surface area (Å²) in [5, 5.41) is 2.73. The molecule has 0 aliphatic rings. The third kappa shape index (κ3) is 5.46. The summed E-state index contributed by atoms with van der Waals surface area (Å²) in [5.74, 6) is -1.12. The van der Waals surface area contributed by atoms with Crippen LogP contribution in [0, 0.1) is 5.82 Å². The summed E-state index contributed by atoms with van der Waals surface area (Å²) in [5.41, 5.74) is 0.793. The normalized spacial score (nSPS) is 11.5. The minimum atomic E-state index is -4.74. The Balaban J connectivity index is 1.92. The molecule has 0 fully saturated rings. The van der Waals surface area contributed by atoms with Gasteiger partial charge < -0.3 is 10.1 Å². The number of nitrogens with one attached hydrogen (secondary N) is 1. The van der Waals surface area contributed by atoms with Gasteiger partial charge in [-0.15, -0.1) is 13.2 Å². The number of hydrogen-bond donors (Lipinski definition) is 1. The fraction of sp³-hybridized carbons (Fsp3) is 0.0625. The molecule has 1 N–H and O–H groups in total. The average molecular weight is 325 g/mol. The number of rotatable bonds is 5. The van der Waals surface area contributed by atoms with Crippen LogP contribution in [0.4, 0.5) is 23.2 Å². The van der Waals surface area contributed by atoms with Crippen molar-refractivity contribution in [2.75, 3.05) is 5.32 Å². The minimum Gasteiger partial charge on any atom is -0.406 e. The molecule has 0 aliphatic heterocycles. The van der Waals surface area contributed by atoms with E-state index in [2.05, 4.69) is 10.1 Å². The first-order chi connectivity index (χ1) is 10.8. The Morgan fingerprint density at radius 3 is 2.17 bits per heavy atom. The van der Waals surface area contributed by atoms with Gasteiger partial charge in [0.1, 0.15) is 11.6 Å². The molecule has 0 amide bonds. The van der Waals surface area contributed by atoms with Crippen LogP contribution in [0.25, 0.3) is 0 Å². The molecule has 0 unspecified atom stereocenters. The number of benzene rings is 2. The third-order valence-corrected chi connectivity index (χ3v) is 2.70. The lowest BCUT2D eigenvalue weighted by atomic mass is 10.1. The van der Waals surface area contributed by atoms with Gasteiger partial charge in [0, 0.05) is 23.5 Å². The second-order valence-corrected chi connectivity index (χ2v) is 4.42. The summed E-state index contributed by atoms with van der Waals surface area (Å²) in [6, 6.07) is 10.1. The topological polar surface area (TPSA) is 38.3 Å². The van der Waals surface area contributed by atoms with E-state index in [1.807, 2.05) is 0 Å². The summed E-state index contributed by atoms with van der Waals surface area (Å²) in [4.78, 5) is 11.8. The highest BCUT2D eigenvalue weighted by molar-refractivity contribution is 6.04. The van der Waals surface area contributed by atoms with Gasteiger partial charge in [0.25, 0.3) is 0 Å². The average Bonchev–Trinajstić information content (AvgIpc) is 2.48. The molecule has 0 spiro atoms. The van der Waals surface area contributed by atoms with Crippen LogP contribution in [0.2, 0.25) is 0 Å². The van der Waals surface area contributed by atoms with Crippen molar-refractivity contribution in [3.05, 3.63) is 72.2 Å². The van der Waals surface area contributed by atoms with Crippen molar-refractivity contribution in [1.29, 1.82) is 0 Å². The number of alkyl halides is 3. The number of carbonyl (C=O) groups is 1. The number of halogens is 4. The fourth-order valence-corrected chi connectivity index (χ4v) is 1.68. The Labute approximate surface area is 129 Å². The quantitative estimate of drug-likeness (QED) is 0.498. The molecule has 0 heterocycles. The molecule has 3 nitrogen and oxygen atoms in total. The Morgan fingerprint density at radius 1 is 1.00 bits per heavy atom. The Morgan fingerprint density at radius 2 is 1.61 bits per heavy atom. The smallest absolute Gasteiger partial charge is 0.406 e. The van der Waals surface area contributed by atoms with E-state index in [1.165, 1.54) is 48.7 Å². The van der Waals surface area contributed by atoms with E-state index in [1.54, 1.807) is 0 Å². The van der Waals surface area contributed by atoms with Crippen LogP contribution in [0.5, 0.6) is 5.75 Å². The zero-order chi connectivity index (χ0) is 16.9.